The van der Waals surface area contributed by atoms with Crippen LogP contribution in [0.3, 0.4) is 0 Å². The molecule has 0 saturated carbocycles. The third kappa shape index (κ3) is 10.3. The number of amides is 2. The Labute approximate surface area is 238 Å². The lowest BCUT2D eigenvalue weighted by atomic mass is 10.0. The minimum absolute atomic E-state index is 0.0945. The van der Waals surface area contributed by atoms with Gasteiger partial charge in [0.1, 0.15) is 6.04 Å². The van der Waals surface area contributed by atoms with E-state index in [1.807, 2.05) is 4.72 Å². The van der Waals surface area contributed by atoms with Crippen LogP contribution in [0.1, 0.15) is 34.3 Å². The fourth-order valence-electron chi connectivity index (χ4n) is 3.86. The molecule has 3 rings (SSSR count). The first-order valence-corrected chi connectivity index (χ1v) is 14.4. The minimum Gasteiger partial charge on any atom is -0.453 e. The van der Waals surface area contributed by atoms with Crippen LogP contribution < -0.4 is 10.0 Å². The first-order chi connectivity index (χ1) is 19.2. The molecule has 16 heteroatoms. The molecule has 222 valence electrons. The average molecular weight is 616 g/mol. The van der Waals surface area contributed by atoms with Gasteiger partial charge in [-0.2, -0.15) is 21.6 Å². The Morgan fingerprint density at radius 3 is 2.32 bits per heavy atom. The van der Waals surface area contributed by atoms with E-state index >= 15 is 0 Å². The number of carbonyl (C=O) groups is 2. The van der Waals surface area contributed by atoms with Crippen molar-refractivity contribution in [2.24, 2.45) is 0 Å². The Morgan fingerprint density at radius 2 is 1.73 bits per heavy atom. The van der Waals surface area contributed by atoms with Crippen LogP contribution >= 0.6 is 11.3 Å². The molecular weight excluding hydrogens is 587 g/mol. The fourth-order valence-corrected chi connectivity index (χ4v) is 5.14. The van der Waals surface area contributed by atoms with Crippen LogP contribution in [0.2, 0.25) is 0 Å². The number of thiazole rings is 1. The van der Waals surface area contributed by atoms with Gasteiger partial charge in [0.25, 0.3) is 0 Å². The van der Waals surface area contributed by atoms with E-state index in [9.17, 15) is 31.2 Å². The number of aromatic nitrogens is 2. The number of methoxy groups -OCH3 is 1. The molecule has 2 atom stereocenters. The van der Waals surface area contributed by atoms with Crippen LogP contribution in [0.15, 0.2) is 54.2 Å². The Morgan fingerprint density at radius 1 is 1.10 bits per heavy atom. The average Bonchev–Trinajstić information content (AvgIpc) is 3.39. The van der Waals surface area contributed by atoms with Crippen LogP contribution in [0.5, 0.6) is 0 Å². The van der Waals surface area contributed by atoms with Crippen LogP contribution in [0.4, 0.5) is 23.7 Å². The number of hydrogen-bond acceptors (Lipinski definition) is 8. The predicted molar refractivity (Wildman–Crippen MR) is 145 cm³/mol. The monoisotopic (exact) mass is 615 g/mol. The number of pyridine rings is 1. The molecule has 1 unspecified atom stereocenters. The van der Waals surface area contributed by atoms with Gasteiger partial charge in [0.05, 0.1) is 29.5 Å². The number of nitrogens with one attached hydrogen (secondary N) is 2. The number of hydrogen-bond donors (Lipinski definition) is 3. The molecule has 41 heavy (non-hydrogen) atoms. The van der Waals surface area contributed by atoms with Gasteiger partial charge < -0.3 is 10.1 Å². The molecule has 3 aromatic rings. The van der Waals surface area contributed by atoms with Crippen LogP contribution in [-0.2, 0) is 39.1 Å². The third-order valence-electron chi connectivity index (χ3n) is 5.92. The maximum absolute atomic E-state index is 13.6. The summed E-state index contributed by atoms with van der Waals surface area (Å²) < 4.78 is 76.1. The lowest BCUT2D eigenvalue weighted by Gasteiger charge is -2.28. The number of rotatable bonds is 12. The van der Waals surface area contributed by atoms with E-state index in [4.69, 9.17) is 9.29 Å². The number of likely N-dealkylation sites (N-methyl/N-ethyl adjacent to an activating group) is 1. The van der Waals surface area contributed by atoms with Crippen LogP contribution in [0, 0.1) is 0 Å². The fraction of sp³-hybridized carbons (Fsp3) is 0.360. The van der Waals surface area contributed by atoms with Gasteiger partial charge in [0, 0.05) is 44.1 Å². The van der Waals surface area contributed by atoms with E-state index in [0.717, 1.165) is 21.8 Å². The molecule has 0 radical (unpaired) electrons. The molecule has 1 aromatic carbocycles. The van der Waals surface area contributed by atoms with Gasteiger partial charge in [-0.15, -0.1) is 11.3 Å². The van der Waals surface area contributed by atoms with Crippen molar-refractivity contribution in [1.29, 1.82) is 0 Å². The Hall–Kier alpha value is -3.76. The summed E-state index contributed by atoms with van der Waals surface area (Å²) in [6.07, 6.45) is -3.12. The predicted octanol–water partition coefficient (Wildman–Crippen LogP) is 3.96. The van der Waals surface area contributed by atoms with E-state index in [0.29, 0.717) is 11.3 Å². The molecular formula is C25H28F3N5O6S2. The summed E-state index contributed by atoms with van der Waals surface area (Å²) in [5.41, 5.74) is 1.76. The Balaban J connectivity index is 1.89. The maximum Gasteiger partial charge on any atom is 0.409 e. The second kappa shape index (κ2) is 13.7. The number of nitrogens with zero attached hydrogens (tertiary/aromatic N) is 3. The number of carbonyl (C=O) groups excluding carboxylic acids is 2. The zero-order valence-electron chi connectivity index (χ0n) is 22.0. The second-order valence-electron chi connectivity index (χ2n) is 8.98. The molecule has 2 aromatic heterocycles. The van der Waals surface area contributed by atoms with Crippen molar-refractivity contribution in [3.8, 4) is 0 Å². The highest BCUT2D eigenvalue weighted by molar-refractivity contribution is 7.87. The lowest BCUT2D eigenvalue weighted by molar-refractivity contribution is -0.134. The summed E-state index contributed by atoms with van der Waals surface area (Å²) in [5.74, 6) is -0.561. The smallest absolute Gasteiger partial charge is 0.409 e. The zero-order chi connectivity index (χ0) is 30.2. The van der Waals surface area contributed by atoms with Crippen molar-refractivity contribution in [3.05, 3.63) is 76.0 Å². The molecule has 0 spiro atoms. The molecule has 0 bridgehead atoms. The molecule has 0 aliphatic heterocycles. The summed E-state index contributed by atoms with van der Waals surface area (Å²) in [7, 11) is -1.89. The molecule has 2 amide bonds. The van der Waals surface area contributed by atoms with E-state index < -0.39 is 47.0 Å². The number of alkyl halides is 3. The maximum atomic E-state index is 13.6. The summed E-state index contributed by atoms with van der Waals surface area (Å²) in [6.45, 7) is 0. The van der Waals surface area contributed by atoms with Crippen LogP contribution in [0.25, 0.3) is 0 Å². The summed E-state index contributed by atoms with van der Waals surface area (Å²) in [5, 5.41) is 4.67. The van der Waals surface area contributed by atoms with Crippen molar-refractivity contribution >= 4 is 39.3 Å². The highest BCUT2D eigenvalue weighted by Crippen LogP contribution is 2.27. The quantitative estimate of drug-likeness (QED) is 0.259. The number of halogens is 3. The summed E-state index contributed by atoms with van der Waals surface area (Å²) in [4.78, 5) is 35.4. The summed E-state index contributed by atoms with van der Waals surface area (Å²) >= 11 is 1.03. The van der Waals surface area contributed by atoms with E-state index in [1.54, 1.807) is 42.0 Å². The largest absolute Gasteiger partial charge is 0.453 e. The zero-order valence-corrected chi connectivity index (χ0v) is 23.6. The topological polar surface area (TPSA) is 151 Å². The first kappa shape index (κ1) is 31.8. The van der Waals surface area contributed by atoms with Crippen molar-refractivity contribution in [1.82, 2.24) is 20.2 Å². The molecule has 0 aliphatic rings. The van der Waals surface area contributed by atoms with E-state index in [1.165, 1.54) is 26.3 Å². The van der Waals surface area contributed by atoms with Gasteiger partial charge in [-0.3, -0.25) is 24.0 Å². The molecule has 0 fully saturated rings. The summed E-state index contributed by atoms with van der Waals surface area (Å²) in [6, 6.07) is 7.46. The first-order valence-electron chi connectivity index (χ1n) is 12.1. The molecule has 11 nitrogen and oxygen atoms in total. The second-order valence-corrected chi connectivity index (χ2v) is 11.1. The normalized spacial score (nSPS) is 13.2. The van der Waals surface area contributed by atoms with Gasteiger partial charge in [0.15, 0.2) is 0 Å². The number of benzene rings is 1. The van der Waals surface area contributed by atoms with E-state index in [-0.39, 0.29) is 30.0 Å². The molecule has 2 heterocycles. The Bertz CT molecular complexity index is 1420. The van der Waals surface area contributed by atoms with Gasteiger partial charge in [-0.25, -0.2) is 9.78 Å². The molecule has 3 N–H and O–H groups in total. The number of ether oxygens (including phenoxy) is 1. The van der Waals surface area contributed by atoms with Gasteiger partial charge >= 0.3 is 22.6 Å². The van der Waals surface area contributed by atoms with Crippen molar-refractivity contribution in [2.75, 3.05) is 18.9 Å². The number of anilines is 1. The SMILES string of the molecule is COC(=O)N(C)C(Cc1ccncc1)C(=O)N[C@@H](Cc1ccc(NS(=O)(=O)O)cc1)c1csc(CCC(F)(F)F)n1. The van der Waals surface area contributed by atoms with Crippen molar-refractivity contribution in [3.63, 3.8) is 0 Å². The third-order valence-corrected chi connectivity index (χ3v) is 7.34. The van der Waals surface area contributed by atoms with Gasteiger partial charge in [-0.05, 0) is 41.8 Å². The highest BCUT2D eigenvalue weighted by Gasteiger charge is 2.31. The Kier molecular flexibility index (Phi) is 10.6. The van der Waals surface area contributed by atoms with Gasteiger partial charge in [-0.1, -0.05) is 12.1 Å². The lowest BCUT2D eigenvalue weighted by Crippen LogP contribution is -2.50. The molecule has 0 saturated heterocycles. The van der Waals surface area contributed by atoms with Crippen molar-refractivity contribution < 1.29 is 40.5 Å². The highest BCUT2D eigenvalue weighted by atomic mass is 32.2. The standard InChI is InChI=1S/C25H28F3N5O6S2/c1-33(24(35)39-2)21(14-17-8-11-29-12-9-17)23(34)31-19(20-15-40-22(30-20)7-10-25(26,27)28)13-16-3-5-18(6-4-16)32-41(36,37)38/h3-6,8-9,11-12,15,19,21,32H,7,10,13-14H2,1-2H3,(H,31,34)(H,36,37,38)/t19-,21?/m0/s1. The number of aryl methyl sites for hydroxylation is 1. The van der Waals surface area contributed by atoms with Gasteiger partial charge in [0.2, 0.25) is 5.91 Å². The van der Waals surface area contributed by atoms with Crippen molar-refractivity contribution in [2.45, 2.75) is 43.9 Å². The van der Waals surface area contributed by atoms with E-state index in [2.05, 4.69) is 15.3 Å². The molecule has 0 aliphatic carbocycles. The minimum atomic E-state index is -4.48. The van der Waals surface area contributed by atoms with Crippen LogP contribution in [-0.4, -0.2) is 66.2 Å².